The Bertz CT molecular complexity index is 459. The highest BCUT2D eigenvalue weighted by atomic mass is 35.5. The van der Waals surface area contributed by atoms with E-state index in [1.165, 1.54) is 0 Å². The van der Waals surface area contributed by atoms with Crippen LogP contribution in [0.4, 0.5) is 5.69 Å². The zero-order chi connectivity index (χ0) is 13.8. The molecule has 19 heavy (non-hydrogen) atoms. The Hall–Kier alpha value is -0.770. The zero-order valence-electron chi connectivity index (χ0n) is 11.0. The van der Waals surface area contributed by atoms with Crippen molar-refractivity contribution in [3.63, 3.8) is 0 Å². The summed E-state index contributed by atoms with van der Waals surface area (Å²) in [5.41, 5.74) is 0.820. The smallest absolute Gasteiger partial charge is 0.223 e. The average Bonchev–Trinajstić information content (AvgIpc) is 2.40. The van der Waals surface area contributed by atoms with Crippen molar-refractivity contribution in [3.8, 4) is 0 Å². The van der Waals surface area contributed by atoms with Crippen LogP contribution in [0, 0.1) is 5.92 Å². The highest BCUT2D eigenvalue weighted by Gasteiger charge is 2.20. The quantitative estimate of drug-likeness (QED) is 0.928. The lowest BCUT2D eigenvalue weighted by atomic mass is 9.97. The van der Waals surface area contributed by atoms with Crippen LogP contribution in [0.2, 0.25) is 10.0 Å². The number of piperidine rings is 1. The minimum absolute atomic E-state index is 0.0388. The number of nitrogens with one attached hydrogen (secondary N) is 1. The van der Waals surface area contributed by atoms with Crippen LogP contribution in [-0.4, -0.2) is 25.5 Å². The van der Waals surface area contributed by atoms with Gasteiger partial charge in [-0.15, -0.1) is 0 Å². The number of nitrogens with zero attached hydrogens (tertiary/aromatic N) is 1. The Balaban J connectivity index is 2.14. The maximum Gasteiger partial charge on any atom is 0.223 e. The number of anilines is 1. The molecule has 1 saturated heterocycles. The van der Waals surface area contributed by atoms with Gasteiger partial charge in [0, 0.05) is 19.2 Å². The van der Waals surface area contributed by atoms with Crippen LogP contribution in [0.5, 0.6) is 0 Å². The summed E-state index contributed by atoms with van der Waals surface area (Å²) in [5, 5.41) is 4.32. The molecular formula is C14H18Cl2N2O. The van der Waals surface area contributed by atoms with Gasteiger partial charge in [0.2, 0.25) is 5.91 Å². The van der Waals surface area contributed by atoms with Gasteiger partial charge in [-0.3, -0.25) is 4.79 Å². The van der Waals surface area contributed by atoms with Crippen molar-refractivity contribution in [2.75, 3.05) is 24.5 Å². The number of carbonyl (C=O) groups excluding carboxylic acids is 1. The molecule has 5 heteroatoms. The number of benzene rings is 1. The molecule has 1 fully saturated rings. The molecule has 1 amide bonds. The first-order valence-corrected chi connectivity index (χ1v) is 7.27. The van der Waals surface area contributed by atoms with Crippen molar-refractivity contribution in [1.82, 2.24) is 5.32 Å². The van der Waals surface area contributed by atoms with Crippen LogP contribution < -0.4 is 10.2 Å². The third kappa shape index (κ3) is 3.85. The summed E-state index contributed by atoms with van der Waals surface area (Å²) in [6.07, 6.45) is 2.20. The predicted molar refractivity (Wildman–Crippen MR) is 80.1 cm³/mol. The van der Waals surface area contributed by atoms with Crippen LogP contribution in [0.25, 0.3) is 0 Å². The van der Waals surface area contributed by atoms with Crippen LogP contribution in [0.15, 0.2) is 18.2 Å². The van der Waals surface area contributed by atoms with Crippen molar-refractivity contribution in [2.24, 2.45) is 5.92 Å². The predicted octanol–water partition coefficient (Wildman–Crippen LogP) is 3.35. The third-order valence-corrected chi connectivity index (χ3v) is 4.23. The lowest BCUT2D eigenvalue weighted by Crippen LogP contribution is -2.38. The zero-order valence-corrected chi connectivity index (χ0v) is 12.5. The van der Waals surface area contributed by atoms with E-state index in [0.29, 0.717) is 16.0 Å². The molecule has 0 unspecified atom stereocenters. The fraction of sp³-hybridized carbons (Fsp3) is 0.500. The standard InChI is InChI=1S/C14H18Cl2N2O/c1-10(19)18(9-11-4-6-17-7-5-11)12-2-3-13(15)14(16)8-12/h2-3,8,11,17H,4-7,9H2,1H3. The molecule has 1 aromatic carbocycles. The number of carbonyl (C=O) groups is 1. The van der Waals surface area contributed by atoms with Crippen molar-refractivity contribution in [3.05, 3.63) is 28.2 Å². The van der Waals surface area contributed by atoms with Gasteiger partial charge in [0.15, 0.2) is 0 Å². The van der Waals surface area contributed by atoms with E-state index in [1.54, 1.807) is 24.0 Å². The molecule has 0 atom stereocenters. The van der Waals surface area contributed by atoms with E-state index < -0.39 is 0 Å². The molecule has 104 valence electrons. The largest absolute Gasteiger partial charge is 0.317 e. The van der Waals surface area contributed by atoms with Crippen molar-refractivity contribution >= 4 is 34.8 Å². The lowest BCUT2D eigenvalue weighted by molar-refractivity contribution is -0.116. The normalized spacial score (nSPS) is 16.4. The van der Waals surface area contributed by atoms with Gasteiger partial charge in [-0.1, -0.05) is 23.2 Å². The molecule has 1 aliphatic rings. The second kappa shape index (κ2) is 6.60. The molecule has 1 aromatic rings. The molecule has 1 aliphatic heterocycles. The molecule has 3 nitrogen and oxygen atoms in total. The number of hydrogen-bond donors (Lipinski definition) is 1. The minimum Gasteiger partial charge on any atom is -0.317 e. The maximum absolute atomic E-state index is 11.8. The number of rotatable bonds is 3. The number of halogens is 2. The summed E-state index contributed by atoms with van der Waals surface area (Å²) in [6, 6.07) is 5.33. The second-order valence-corrected chi connectivity index (χ2v) is 5.74. The first-order chi connectivity index (χ1) is 9.08. The Morgan fingerprint density at radius 3 is 2.58 bits per heavy atom. The average molecular weight is 301 g/mol. The van der Waals surface area contributed by atoms with E-state index in [0.717, 1.165) is 38.2 Å². The van der Waals surface area contributed by atoms with Gasteiger partial charge in [0.25, 0.3) is 0 Å². The summed E-state index contributed by atoms with van der Waals surface area (Å²) >= 11 is 11.9. The molecule has 0 spiro atoms. The molecule has 1 heterocycles. The van der Waals surface area contributed by atoms with Crippen molar-refractivity contribution in [1.29, 1.82) is 0 Å². The fourth-order valence-corrected chi connectivity index (χ4v) is 2.68. The molecule has 0 saturated carbocycles. The molecule has 1 N–H and O–H groups in total. The van der Waals surface area contributed by atoms with E-state index in [4.69, 9.17) is 23.2 Å². The topological polar surface area (TPSA) is 32.3 Å². The fourth-order valence-electron chi connectivity index (χ4n) is 2.39. The summed E-state index contributed by atoms with van der Waals surface area (Å²) in [6.45, 7) is 4.38. The van der Waals surface area contributed by atoms with E-state index in [2.05, 4.69) is 5.32 Å². The highest BCUT2D eigenvalue weighted by molar-refractivity contribution is 6.42. The van der Waals surface area contributed by atoms with Crippen LogP contribution in [0.1, 0.15) is 19.8 Å². The SMILES string of the molecule is CC(=O)N(CC1CCNCC1)c1ccc(Cl)c(Cl)c1. The monoisotopic (exact) mass is 300 g/mol. The maximum atomic E-state index is 11.8. The van der Waals surface area contributed by atoms with Gasteiger partial charge in [0.05, 0.1) is 10.0 Å². The first-order valence-electron chi connectivity index (χ1n) is 6.52. The van der Waals surface area contributed by atoms with Crippen molar-refractivity contribution in [2.45, 2.75) is 19.8 Å². The Kier molecular flexibility index (Phi) is 5.08. The Morgan fingerprint density at radius 1 is 1.32 bits per heavy atom. The van der Waals surface area contributed by atoms with Crippen LogP contribution >= 0.6 is 23.2 Å². The first kappa shape index (κ1) is 14.6. The second-order valence-electron chi connectivity index (χ2n) is 4.92. The van der Waals surface area contributed by atoms with Gasteiger partial charge in [-0.05, 0) is 50.0 Å². The van der Waals surface area contributed by atoms with E-state index in [1.807, 2.05) is 6.07 Å². The number of hydrogen-bond acceptors (Lipinski definition) is 2. The molecule has 0 bridgehead atoms. The van der Waals surface area contributed by atoms with E-state index in [-0.39, 0.29) is 5.91 Å². The summed E-state index contributed by atoms with van der Waals surface area (Å²) in [5.74, 6) is 0.580. The van der Waals surface area contributed by atoms with Gasteiger partial charge < -0.3 is 10.2 Å². The van der Waals surface area contributed by atoms with E-state index >= 15 is 0 Å². The molecule has 0 aromatic heterocycles. The highest BCUT2D eigenvalue weighted by Crippen LogP contribution is 2.28. The Morgan fingerprint density at radius 2 is 2.00 bits per heavy atom. The van der Waals surface area contributed by atoms with Gasteiger partial charge in [-0.25, -0.2) is 0 Å². The van der Waals surface area contributed by atoms with Crippen LogP contribution in [-0.2, 0) is 4.79 Å². The lowest BCUT2D eigenvalue weighted by Gasteiger charge is -2.29. The summed E-state index contributed by atoms with van der Waals surface area (Å²) in [4.78, 5) is 13.6. The van der Waals surface area contributed by atoms with Gasteiger partial charge >= 0.3 is 0 Å². The van der Waals surface area contributed by atoms with E-state index in [9.17, 15) is 4.79 Å². The summed E-state index contributed by atoms with van der Waals surface area (Å²) in [7, 11) is 0. The van der Waals surface area contributed by atoms with Gasteiger partial charge in [-0.2, -0.15) is 0 Å². The summed E-state index contributed by atoms with van der Waals surface area (Å²) < 4.78 is 0. The third-order valence-electron chi connectivity index (χ3n) is 3.49. The molecule has 0 radical (unpaired) electrons. The number of amides is 1. The minimum atomic E-state index is 0.0388. The Labute approximate surface area is 123 Å². The van der Waals surface area contributed by atoms with Gasteiger partial charge in [0.1, 0.15) is 0 Å². The molecular weight excluding hydrogens is 283 g/mol. The molecule has 0 aliphatic carbocycles. The van der Waals surface area contributed by atoms with Crippen molar-refractivity contribution < 1.29 is 4.79 Å². The van der Waals surface area contributed by atoms with Crippen LogP contribution in [0.3, 0.4) is 0 Å². The molecule has 2 rings (SSSR count).